The lowest BCUT2D eigenvalue weighted by atomic mass is 9.78. The van der Waals surface area contributed by atoms with Gasteiger partial charge in [-0.05, 0) is 17.7 Å². The van der Waals surface area contributed by atoms with E-state index in [1.54, 1.807) is 38.1 Å². The van der Waals surface area contributed by atoms with Gasteiger partial charge in [0.25, 0.3) is 6.08 Å². The molecule has 0 amide bonds. The summed E-state index contributed by atoms with van der Waals surface area (Å²) in [6.07, 6.45) is -2.03. The molecule has 0 atom stereocenters. The molecule has 0 aliphatic carbocycles. The molecule has 19 heavy (non-hydrogen) atoms. The Morgan fingerprint density at radius 3 is 2.00 bits per heavy atom. The maximum Gasteiger partial charge on any atom is 0.340 e. The van der Waals surface area contributed by atoms with E-state index in [9.17, 15) is 13.6 Å². The van der Waals surface area contributed by atoms with Gasteiger partial charge in [-0.15, -0.1) is 0 Å². The summed E-state index contributed by atoms with van der Waals surface area (Å²) in [5, 5.41) is 0. The SMILES string of the molecule is COC(=O)C(=C(F)F)C(C)(C)c1ccc(OC)cc1. The number of hydrogen-bond acceptors (Lipinski definition) is 3. The molecular formula is C14H16F2O3. The highest BCUT2D eigenvalue weighted by Gasteiger charge is 2.35. The quantitative estimate of drug-likeness (QED) is 0.622. The van der Waals surface area contributed by atoms with Crippen molar-refractivity contribution in [3.05, 3.63) is 41.5 Å². The van der Waals surface area contributed by atoms with E-state index in [4.69, 9.17) is 4.74 Å². The van der Waals surface area contributed by atoms with E-state index in [0.717, 1.165) is 7.11 Å². The summed E-state index contributed by atoms with van der Waals surface area (Å²) in [4.78, 5) is 11.5. The van der Waals surface area contributed by atoms with E-state index in [2.05, 4.69) is 4.74 Å². The summed E-state index contributed by atoms with van der Waals surface area (Å²) in [5.74, 6) is -0.412. The van der Waals surface area contributed by atoms with Crippen LogP contribution in [0.4, 0.5) is 8.78 Å². The van der Waals surface area contributed by atoms with E-state index in [-0.39, 0.29) is 0 Å². The Balaban J connectivity index is 3.27. The molecule has 0 N–H and O–H groups in total. The number of benzene rings is 1. The second kappa shape index (κ2) is 5.82. The molecule has 0 aliphatic heterocycles. The van der Waals surface area contributed by atoms with Crippen molar-refractivity contribution in [1.29, 1.82) is 0 Å². The van der Waals surface area contributed by atoms with Crippen molar-refractivity contribution in [2.24, 2.45) is 0 Å². The molecule has 1 aromatic rings. The van der Waals surface area contributed by atoms with Gasteiger partial charge in [0.2, 0.25) is 0 Å². The van der Waals surface area contributed by atoms with Gasteiger partial charge in [0.05, 0.1) is 14.2 Å². The molecule has 0 saturated carbocycles. The van der Waals surface area contributed by atoms with Crippen LogP contribution >= 0.6 is 0 Å². The second-order valence-electron chi connectivity index (χ2n) is 4.48. The first-order valence-corrected chi connectivity index (χ1v) is 5.63. The number of rotatable bonds is 4. The van der Waals surface area contributed by atoms with Gasteiger partial charge in [-0.1, -0.05) is 26.0 Å². The summed E-state index contributed by atoms with van der Waals surface area (Å²) in [7, 11) is 2.59. The lowest BCUT2D eigenvalue weighted by molar-refractivity contribution is -0.137. The minimum atomic E-state index is -2.03. The average Bonchev–Trinajstić information content (AvgIpc) is 2.37. The van der Waals surface area contributed by atoms with Crippen molar-refractivity contribution in [3.63, 3.8) is 0 Å². The number of ether oxygens (including phenoxy) is 2. The Hall–Kier alpha value is -1.91. The van der Waals surface area contributed by atoms with Crippen LogP contribution in [-0.4, -0.2) is 20.2 Å². The Kier molecular flexibility index (Phi) is 4.64. The Morgan fingerprint density at radius 2 is 1.63 bits per heavy atom. The van der Waals surface area contributed by atoms with Gasteiger partial charge in [-0.25, -0.2) is 4.79 Å². The molecule has 1 rings (SSSR count). The highest BCUT2D eigenvalue weighted by atomic mass is 19.3. The van der Waals surface area contributed by atoms with Crippen molar-refractivity contribution in [2.45, 2.75) is 19.3 Å². The van der Waals surface area contributed by atoms with Crippen LogP contribution in [0, 0.1) is 0 Å². The van der Waals surface area contributed by atoms with Crippen molar-refractivity contribution < 1.29 is 23.0 Å². The molecule has 0 saturated heterocycles. The third kappa shape index (κ3) is 3.10. The fourth-order valence-electron chi connectivity index (χ4n) is 1.82. The molecule has 0 fully saturated rings. The van der Waals surface area contributed by atoms with Gasteiger partial charge >= 0.3 is 5.97 Å². The molecule has 0 aromatic heterocycles. The maximum absolute atomic E-state index is 13.0. The monoisotopic (exact) mass is 270 g/mol. The van der Waals surface area contributed by atoms with Gasteiger partial charge in [0.15, 0.2) is 0 Å². The van der Waals surface area contributed by atoms with Crippen LogP contribution in [0.2, 0.25) is 0 Å². The fraction of sp³-hybridized carbons (Fsp3) is 0.357. The predicted molar refractivity (Wildman–Crippen MR) is 67.3 cm³/mol. The summed E-state index contributed by atoms with van der Waals surface area (Å²) in [6.45, 7) is 3.08. The molecule has 104 valence electrons. The van der Waals surface area contributed by atoms with Crippen LogP contribution in [-0.2, 0) is 14.9 Å². The molecule has 0 aliphatic rings. The second-order valence-corrected chi connectivity index (χ2v) is 4.48. The van der Waals surface area contributed by atoms with Crippen LogP contribution in [0.3, 0.4) is 0 Å². The third-order valence-electron chi connectivity index (χ3n) is 3.02. The zero-order valence-corrected chi connectivity index (χ0v) is 11.3. The van der Waals surface area contributed by atoms with Crippen LogP contribution in [0.1, 0.15) is 19.4 Å². The van der Waals surface area contributed by atoms with Crippen molar-refractivity contribution in [2.75, 3.05) is 14.2 Å². The van der Waals surface area contributed by atoms with Gasteiger partial charge in [0, 0.05) is 5.41 Å². The predicted octanol–water partition coefficient (Wildman–Crippen LogP) is 3.30. The maximum atomic E-state index is 13.0. The molecule has 0 radical (unpaired) electrons. The average molecular weight is 270 g/mol. The highest BCUT2D eigenvalue weighted by Crippen LogP contribution is 2.35. The number of carbonyl (C=O) groups is 1. The Bertz CT molecular complexity index is 486. The van der Waals surface area contributed by atoms with Crippen LogP contribution in [0.15, 0.2) is 35.9 Å². The van der Waals surface area contributed by atoms with Gasteiger partial charge in [-0.3, -0.25) is 0 Å². The summed E-state index contributed by atoms with van der Waals surface area (Å²) >= 11 is 0. The number of carbonyl (C=O) groups excluding carboxylic acids is 1. The van der Waals surface area contributed by atoms with E-state index in [0.29, 0.717) is 11.3 Å². The highest BCUT2D eigenvalue weighted by molar-refractivity contribution is 5.91. The number of esters is 1. The standard InChI is InChI=1S/C14H16F2O3/c1-14(2,11(12(15)16)13(17)19-4)9-5-7-10(18-3)8-6-9/h5-8H,1-4H3. The van der Waals surface area contributed by atoms with Crippen LogP contribution in [0.5, 0.6) is 5.75 Å². The minimum absolute atomic E-state index is 0.571. The lowest BCUT2D eigenvalue weighted by Crippen LogP contribution is -2.27. The van der Waals surface area contributed by atoms with E-state index in [1.807, 2.05) is 0 Å². The van der Waals surface area contributed by atoms with Crippen molar-refractivity contribution >= 4 is 5.97 Å². The van der Waals surface area contributed by atoms with Crippen molar-refractivity contribution in [1.82, 2.24) is 0 Å². The first kappa shape index (κ1) is 15.1. The summed E-state index contributed by atoms with van der Waals surface area (Å²) < 4.78 is 35.5. The number of halogens is 2. The number of hydrogen-bond donors (Lipinski definition) is 0. The van der Waals surface area contributed by atoms with E-state index < -0.39 is 23.0 Å². The smallest absolute Gasteiger partial charge is 0.340 e. The van der Waals surface area contributed by atoms with Gasteiger partial charge in [-0.2, -0.15) is 8.78 Å². The summed E-state index contributed by atoms with van der Waals surface area (Å²) in [5.41, 5.74) is -1.22. The van der Waals surface area contributed by atoms with Crippen LogP contribution < -0.4 is 4.74 Å². The largest absolute Gasteiger partial charge is 0.497 e. The molecule has 1 aromatic carbocycles. The van der Waals surface area contributed by atoms with Gasteiger partial charge in [0.1, 0.15) is 11.3 Å². The molecule has 3 nitrogen and oxygen atoms in total. The normalized spacial score (nSPS) is 10.8. The minimum Gasteiger partial charge on any atom is -0.497 e. The Morgan fingerprint density at radius 1 is 1.11 bits per heavy atom. The van der Waals surface area contributed by atoms with Gasteiger partial charge < -0.3 is 9.47 Å². The molecule has 5 heteroatoms. The molecule has 0 heterocycles. The first-order chi connectivity index (χ1) is 8.84. The zero-order chi connectivity index (χ0) is 14.6. The molecule has 0 bridgehead atoms. The molecule has 0 unspecified atom stereocenters. The Labute approximate surface area is 110 Å². The molecule has 0 spiro atoms. The lowest BCUT2D eigenvalue weighted by Gasteiger charge is -2.26. The fourth-order valence-corrected chi connectivity index (χ4v) is 1.82. The zero-order valence-electron chi connectivity index (χ0n) is 11.3. The van der Waals surface area contributed by atoms with Crippen LogP contribution in [0.25, 0.3) is 0 Å². The topological polar surface area (TPSA) is 35.5 Å². The molecular weight excluding hydrogens is 254 g/mol. The van der Waals surface area contributed by atoms with E-state index >= 15 is 0 Å². The van der Waals surface area contributed by atoms with E-state index in [1.165, 1.54) is 7.11 Å². The third-order valence-corrected chi connectivity index (χ3v) is 3.02. The number of methoxy groups -OCH3 is 2. The first-order valence-electron chi connectivity index (χ1n) is 5.63. The summed E-state index contributed by atoms with van der Waals surface area (Å²) in [6, 6.07) is 6.60. The van der Waals surface area contributed by atoms with Crippen molar-refractivity contribution in [3.8, 4) is 5.75 Å².